The number of hydrogen-bond donors (Lipinski definition) is 2. The van der Waals surface area contributed by atoms with Gasteiger partial charge in [0.05, 0.1) is 23.4 Å². The first-order valence-electron chi connectivity index (χ1n) is 4.81. The quantitative estimate of drug-likeness (QED) is 0.760. The molecular weight excluding hydrogens is 246 g/mol. The minimum atomic E-state index is -0.0992. The Morgan fingerprint density at radius 2 is 2.38 bits per heavy atom. The Labute approximate surface area is 103 Å². The smallest absolute Gasteiger partial charge is 0.234 e. The maximum absolute atomic E-state index is 11.2. The minimum absolute atomic E-state index is 0.0992. The Kier molecular flexibility index (Phi) is 5.86. The molecule has 0 aliphatic rings. The minimum Gasteiger partial charge on any atom is -0.354 e. The average Bonchev–Trinajstić information content (AvgIpc) is 2.65. The van der Waals surface area contributed by atoms with E-state index in [-0.39, 0.29) is 12.5 Å². The zero-order valence-corrected chi connectivity index (χ0v) is 10.2. The molecule has 1 rings (SSSR count). The topological polar surface area (TPSA) is 64.9 Å². The summed E-state index contributed by atoms with van der Waals surface area (Å²) in [4.78, 5) is 12.3. The van der Waals surface area contributed by atoms with Crippen LogP contribution in [0.4, 0.5) is 0 Å². The summed E-state index contributed by atoms with van der Waals surface area (Å²) in [6.45, 7) is 1.28. The van der Waals surface area contributed by atoms with Crippen LogP contribution in [0.3, 0.4) is 0 Å². The van der Waals surface area contributed by atoms with Crippen LogP contribution in [0.25, 0.3) is 0 Å². The van der Waals surface area contributed by atoms with Crippen molar-refractivity contribution in [3.63, 3.8) is 0 Å². The average molecular weight is 258 g/mol. The standard InChI is InChI=1S/C10H12ClN3OS/c11-9-3-2-8(16-9)6-13-7-10(15)14-5-1-4-12/h2-3,13H,1,5-7H2,(H,14,15). The molecule has 0 saturated heterocycles. The van der Waals surface area contributed by atoms with Gasteiger partial charge in [-0.3, -0.25) is 4.79 Å². The number of thiophene rings is 1. The van der Waals surface area contributed by atoms with Gasteiger partial charge in [0, 0.05) is 18.0 Å². The van der Waals surface area contributed by atoms with E-state index in [4.69, 9.17) is 16.9 Å². The molecule has 0 saturated carbocycles. The lowest BCUT2D eigenvalue weighted by Crippen LogP contribution is -2.33. The first-order valence-corrected chi connectivity index (χ1v) is 6.00. The largest absolute Gasteiger partial charge is 0.354 e. The van der Waals surface area contributed by atoms with Crippen LogP contribution in [-0.4, -0.2) is 19.0 Å². The molecule has 0 unspecified atom stereocenters. The summed E-state index contributed by atoms with van der Waals surface area (Å²) in [7, 11) is 0. The van der Waals surface area contributed by atoms with Gasteiger partial charge in [0.25, 0.3) is 0 Å². The lowest BCUT2D eigenvalue weighted by Gasteiger charge is -2.03. The molecule has 1 amide bonds. The van der Waals surface area contributed by atoms with E-state index >= 15 is 0 Å². The molecule has 1 heterocycles. The van der Waals surface area contributed by atoms with E-state index in [0.29, 0.717) is 19.5 Å². The van der Waals surface area contributed by atoms with Gasteiger partial charge in [-0.15, -0.1) is 11.3 Å². The highest BCUT2D eigenvalue weighted by atomic mass is 35.5. The molecule has 16 heavy (non-hydrogen) atoms. The molecule has 0 radical (unpaired) electrons. The Morgan fingerprint density at radius 3 is 3.00 bits per heavy atom. The van der Waals surface area contributed by atoms with E-state index in [9.17, 15) is 4.79 Å². The van der Waals surface area contributed by atoms with Gasteiger partial charge in [0.15, 0.2) is 0 Å². The molecule has 1 aromatic rings. The highest BCUT2D eigenvalue weighted by Gasteiger charge is 2.01. The monoisotopic (exact) mass is 257 g/mol. The summed E-state index contributed by atoms with van der Waals surface area (Å²) >= 11 is 7.26. The van der Waals surface area contributed by atoms with Crippen LogP contribution in [0.15, 0.2) is 12.1 Å². The number of carbonyl (C=O) groups is 1. The number of nitriles is 1. The van der Waals surface area contributed by atoms with Crippen LogP contribution < -0.4 is 10.6 Å². The van der Waals surface area contributed by atoms with Crippen molar-refractivity contribution < 1.29 is 4.79 Å². The van der Waals surface area contributed by atoms with Crippen molar-refractivity contribution >= 4 is 28.8 Å². The van der Waals surface area contributed by atoms with Crippen LogP contribution in [0.1, 0.15) is 11.3 Å². The predicted octanol–water partition coefficient (Wildman–Crippen LogP) is 1.52. The number of hydrogen-bond acceptors (Lipinski definition) is 4. The number of rotatable bonds is 6. The van der Waals surface area contributed by atoms with Crippen molar-refractivity contribution in [1.82, 2.24) is 10.6 Å². The molecule has 0 aromatic carbocycles. The molecule has 0 aliphatic carbocycles. The lowest BCUT2D eigenvalue weighted by molar-refractivity contribution is -0.120. The summed E-state index contributed by atoms with van der Waals surface area (Å²) in [5.41, 5.74) is 0. The number of nitrogens with one attached hydrogen (secondary N) is 2. The summed E-state index contributed by atoms with van der Waals surface area (Å²) in [5, 5.41) is 13.9. The summed E-state index contributed by atoms with van der Waals surface area (Å²) in [6, 6.07) is 5.71. The van der Waals surface area contributed by atoms with E-state index < -0.39 is 0 Å². The molecular formula is C10H12ClN3OS. The second kappa shape index (κ2) is 7.23. The van der Waals surface area contributed by atoms with Crippen LogP contribution >= 0.6 is 22.9 Å². The Balaban J connectivity index is 2.11. The summed E-state index contributed by atoms with van der Waals surface area (Å²) < 4.78 is 0.746. The summed E-state index contributed by atoms with van der Waals surface area (Å²) in [5.74, 6) is -0.0992. The van der Waals surface area contributed by atoms with Gasteiger partial charge < -0.3 is 10.6 Å². The zero-order valence-electron chi connectivity index (χ0n) is 8.62. The number of amides is 1. The third-order valence-electron chi connectivity index (χ3n) is 1.77. The molecule has 0 spiro atoms. The van der Waals surface area contributed by atoms with E-state index in [0.717, 1.165) is 9.21 Å². The van der Waals surface area contributed by atoms with Crippen LogP contribution in [0.5, 0.6) is 0 Å². The van der Waals surface area contributed by atoms with Crippen LogP contribution in [0.2, 0.25) is 4.34 Å². The second-order valence-corrected chi connectivity index (χ2v) is 4.87. The molecule has 1 aromatic heterocycles. The first kappa shape index (κ1) is 13.0. The normalized spacial score (nSPS) is 9.75. The maximum atomic E-state index is 11.2. The lowest BCUT2D eigenvalue weighted by atomic mass is 10.4. The number of carbonyl (C=O) groups excluding carboxylic acids is 1. The van der Waals surface area contributed by atoms with Gasteiger partial charge in [-0.05, 0) is 12.1 Å². The first-order chi connectivity index (χ1) is 7.72. The van der Waals surface area contributed by atoms with Crippen LogP contribution in [0, 0.1) is 11.3 Å². The third kappa shape index (κ3) is 5.12. The van der Waals surface area contributed by atoms with Crippen LogP contribution in [-0.2, 0) is 11.3 Å². The van der Waals surface area contributed by atoms with E-state index in [2.05, 4.69) is 10.6 Å². The highest BCUT2D eigenvalue weighted by Crippen LogP contribution is 2.20. The van der Waals surface area contributed by atoms with Crippen molar-refractivity contribution in [2.45, 2.75) is 13.0 Å². The van der Waals surface area contributed by atoms with Crippen molar-refractivity contribution in [2.75, 3.05) is 13.1 Å². The van der Waals surface area contributed by atoms with Gasteiger partial charge >= 0.3 is 0 Å². The summed E-state index contributed by atoms with van der Waals surface area (Å²) in [6.07, 6.45) is 0.340. The van der Waals surface area contributed by atoms with Gasteiger partial charge in [-0.2, -0.15) is 5.26 Å². The fourth-order valence-corrected chi connectivity index (χ4v) is 2.12. The molecule has 2 N–H and O–H groups in total. The maximum Gasteiger partial charge on any atom is 0.234 e. The van der Waals surface area contributed by atoms with Gasteiger partial charge in [0.2, 0.25) is 5.91 Å². The Bertz CT molecular complexity index is 386. The van der Waals surface area contributed by atoms with E-state index in [1.807, 2.05) is 18.2 Å². The van der Waals surface area contributed by atoms with Crippen molar-refractivity contribution in [1.29, 1.82) is 5.26 Å². The molecule has 86 valence electrons. The fourth-order valence-electron chi connectivity index (χ4n) is 1.07. The molecule has 4 nitrogen and oxygen atoms in total. The van der Waals surface area contributed by atoms with Gasteiger partial charge in [-0.1, -0.05) is 11.6 Å². The second-order valence-electron chi connectivity index (χ2n) is 3.07. The van der Waals surface area contributed by atoms with Crippen molar-refractivity contribution in [3.8, 4) is 6.07 Å². The van der Waals surface area contributed by atoms with Gasteiger partial charge in [-0.25, -0.2) is 0 Å². The van der Waals surface area contributed by atoms with Crippen molar-refractivity contribution in [2.24, 2.45) is 0 Å². The molecule has 0 atom stereocenters. The third-order valence-corrected chi connectivity index (χ3v) is 3.00. The highest BCUT2D eigenvalue weighted by molar-refractivity contribution is 7.16. The molecule has 0 bridgehead atoms. The Hall–Kier alpha value is -1.09. The van der Waals surface area contributed by atoms with E-state index in [1.54, 1.807) is 0 Å². The van der Waals surface area contributed by atoms with Gasteiger partial charge in [0.1, 0.15) is 0 Å². The number of nitrogens with zero attached hydrogens (tertiary/aromatic N) is 1. The molecule has 6 heteroatoms. The number of halogens is 1. The zero-order chi connectivity index (χ0) is 11.8. The molecule has 0 fully saturated rings. The SMILES string of the molecule is N#CCCNC(=O)CNCc1ccc(Cl)s1. The fraction of sp³-hybridized carbons (Fsp3) is 0.400. The van der Waals surface area contributed by atoms with E-state index in [1.165, 1.54) is 11.3 Å². The predicted molar refractivity (Wildman–Crippen MR) is 64.3 cm³/mol. The van der Waals surface area contributed by atoms with Crippen molar-refractivity contribution in [3.05, 3.63) is 21.3 Å². The molecule has 0 aliphatic heterocycles. The Morgan fingerprint density at radius 1 is 1.56 bits per heavy atom.